The molecule has 34 heavy (non-hydrogen) atoms. The summed E-state index contributed by atoms with van der Waals surface area (Å²) in [6, 6.07) is 12.9. The first kappa shape index (κ1) is 23.5. The maximum atomic E-state index is 13.4. The molecule has 0 spiro atoms. The molecule has 0 aliphatic carbocycles. The fourth-order valence-corrected chi connectivity index (χ4v) is 4.07. The average Bonchev–Trinajstić information content (AvgIpc) is 2.78. The third-order valence-corrected chi connectivity index (χ3v) is 5.83. The van der Waals surface area contributed by atoms with Gasteiger partial charge in [0, 0.05) is 6.21 Å². The highest BCUT2D eigenvalue weighted by molar-refractivity contribution is 6.35. The minimum absolute atomic E-state index is 0.234. The Balaban J connectivity index is 1.78. The number of nitrogens with two attached hydrogens (primary N) is 1. The summed E-state index contributed by atoms with van der Waals surface area (Å²) < 4.78 is 27.7. The van der Waals surface area contributed by atoms with Crippen molar-refractivity contribution in [3.8, 4) is 5.69 Å². The quantitative estimate of drug-likeness (QED) is 0.411. The maximum Gasteiger partial charge on any atom is 0.282 e. The molecule has 2 unspecified atom stereocenters. The van der Waals surface area contributed by atoms with Crippen LogP contribution in [0.2, 0.25) is 5.02 Å². The predicted octanol–water partition coefficient (Wildman–Crippen LogP) is 3.20. The second-order valence-corrected chi connectivity index (χ2v) is 8.41. The minimum Gasteiger partial charge on any atom is -0.386 e. The largest absolute Gasteiger partial charge is 0.386 e. The number of halogens is 3. The molecule has 1 fully saturated rings. The molecule has 3 N–H and O–H groups in total. The van der Waals surface area contributed by atoms with Crippen LogP contribution in [0.4, 0.5) is 8.78 Å². The molecular formula is C23H21ClF2N6O2. The zero-order chi connectivity index (χ0) is 24.6. The van der Waals surface area contributed by atoms with E-state index in [1.54, 1.807) is 55.5 Å². The molecule has 1 aliphatic rings. The van der Waals surface area contributed by atoms with Crippen molar-refractivity contribution < 1.29 is 13.6 Å². The number of fused-ring (bicyclic) bond motifs is 1. The Hall–Kier alpha value is -3.66. The molecule has 0 radical (unpaired) electrons. The van der Waals surface area contributed by atoms with Crippen LogP contribution < -0.4 is 11.3 Å². The van der Waals surface area contributed by atoms with Gasteiger partial charge < -0.3 is 16.0 Å². The highest BCUT2D eigenvalue weighted by atomic mass is 35.5. The van der Waals surface area contributed by atoms with Gasteiger partial charge in [-0.05, 0) is 31.2 Å². The Kier molecular flexibility index (Phi) is 6.18. The van der Waals surface area contributed by atoms with E-state index in [4.69, 9.17) is 22.7 Å². The molecule has 1 aliphatic heterocycles. The Morgan fingerprint density at radius 2 is 1.91 bits per heavy atom. The molecule has 1 aromatic heterocycles. The van der Waals surface area contributed by atoms with E-state index in [2.05, 4.69) is 9.98 Å². The lowest BCUT2D eigenvalue weighted by molar-refractivity contribution is -0.166. The number of benzene rings is 2. The van der Waals surface area contributed by atoms with Crippen molar-refractivity contribution in [2.75, 3.05) is 13.1 Å². The van der Waals surface area contributed by atoms with Crippen molar-refractivity contribution in [3.63, 3.8) is 0 Å². The lowest BCUT2D eigenvalue weighted by Gasteiger charge is -2.39. The van der Waals surface area contributed by atoms with Crippen LogP contribution in [0, 0.1) is 11.3 Å². The molecule has 2 heterocycles. The number of amidine groups is 1. The molecule has 1 saturated heterocycles. The summed E-state index contributed by atoms with van der Waals surface area (Å²) in [6.07, 6.45) is 0.766. The summed E-state index contributed by atoms with van der Waals surface area (Å²) in [5, 5.41) is 8.09. The Labute approximate surface area is 198 Å². The number of hydrogen-bond acceptors (Lipinski definition) is 5. The van der Waals surface area contributed by atoms with Gasteiger partial charge in [0.25, 0.3) is 11.5 Å². The summed E-state index contributed by atoms with van der Waals surface area (Å²) >= 11 is 6.28. The van der Waals surface area contributed by atoms with E-state index in [0.717, 1.165) is 11.1 Å². The van der Waals surface area contributed by atoms with E-state index in [1.807, 2.05) is 0 Å². The predicted molar refractivity (Wildman–Crippen MR) is 126 cm³/mol. The van der Waals surface area contributed by atoms with Crippen molar-refractivity contribution in [1.29, 1.82) is 5.41 Å². The maximum absolute atomic E-state index is 13.4. The highest BCUT2D eigenvalue weighted by Gasteiger charge is 2.47. The van der Waals surface area contributed by atoms with Crippen molar-refractivity contribution in [3.05, 3.63) is 69.7 Å². The SMILES string of the molecule is CC(N=C(N)C(C=N)C(=O)N1CC(F)(F)C1)c1nc2cccc(Cl)c2c(=O)n1-c1ccccc1. The third-order valence-electron chi connectivity index (χ3n) is 5.51. The number of nitrogens with zero attached hydrogens (tertiary/aromatic N) is 4. The van der Waals surface area contributed by atoms with Gasteiger partial charge in [-0.15, -0.1) is 0 Å². The molecule has 2 aromatic carbocycles. The highest BCUT2D eigenvalue weighted by Crippen LogP contribution is 2.28. The molecule has 1 amide bonds. The average molecular weight is 487 g/mol. The molecule has 2 atom stereocenters. The summed E-state index contributed by atoms with van der Waals surface area (Å²) in [7, 11) is 0. The number of rotatable bonds is 6. The number of likely N-dealkylation sites (tertiary alicyclic amines) is 1. The van der Waals surface area contributed by atoms with Crippen LogP contribution in [-0.4, -0.2) is 51.4 Å². The third kappa shape index (κ3) is 4.28. The molecule has 3 aromatic rings. The summed E-state index contributed by atoms with van der Waals surface area (Å²) in [5.41, 5.74) is 6.53. The van der Waals surface area contributed by atoms with Gasteiger partial charge >= 0.3 is 0 Å². The van der Waals surface area contributed by atoms with Gasteiger partial charge in [0.1, 0.15) is 23.6 Å². The first-order valence-electron chi connectivity index (χ1n) is 10.4. The van der Waals surface area contributed by atoms with E-state index in [1.165, 1.54) is 4.57 Å². The zero-order valence-electron chi connectivity index (χ0n) is 18.1. The van der Waals surface area contributed by atoms with Crippen LogP contribution in [0.5, 0.6) is 0 Å². The molecular weight excluding hydrogens is 466 g/mol. The van der Waals surface area contributed by atoms with Crippen LogP contribution in [0.3, 0.4) is 0 Å². The number of hydrogen-bond donors (Lipinski definition) is 2. The molecule has 176 valence electrons. The summed E-state index contributed by atoms with van der Waals surface area (Å²) in [6.45, 7) is 0.187. The fraction of sp³-hybridized carbons (Fsp3) is 0.261. The van der Waals surface area contributed by atoms with E-state index in [-0.39, 0.29) is 22.1 Å². The van der Waals surface area contributed by atoms with E-state index < -0.39 is 42.4 Å². The number of carbonyl (C=O) groups is 1. The zero-order valence-corrected chi connectivity index (χ0v) is 18.8. The number of amides is 1. The molecule has 11 heteroatoms. The van der Waals surface area contributed by atoms with Gasteiger partial charge in [-0.2, -0.15) is 0 Å². The topological polar surface area (TPSA) is 117 Å². The second kappa shape index (κ2) is 8.94. The monoisotopic (exact) mass is 486 g/mol. The van der Waals surface area contributed by atoms with Crippen molar-refractivity contribution >= 4 is 40.5 Å². The van der Waals surface area contributed by atoms with Crippen LogP contribution in [0.25, 0.3) is 16.6 Å². The van der Waals surface area contributed by atoms with E-state index >= 15 is 0 Å². The van der Waals surface area contributed by atoms with Gasteiger partial charge in [0.2, 0.25) is 5.91 Å². The number of aromatic nitrogens is 2. The number of alkyl halides is 2. The van der Waals surface area contributed by atoms with Gasteiger partial charge in [0.15, 0.2) is 0 Å². The Morgan fingerprint density at radius 1 is 1.24 bits per heavy atom. The summed E-state index contributed by atoms with van der Waals surface area (Å²) in [4.78, 5) is 35.9. The van der Waals surface area contributed by atoms with E-state index in [0.29, 0.717) is 11.2 Å². The minimum atomic E-state index is -2.94. The number of nitrogens with one attached hydrogen (secondary N) is 1. The molecule has 0 saturated carbocycles. The Bertz CT molecular complexity index is 1350. The molecule has 4 rings (SSSR count). The van der Waals surface area contributed by atoms with Crippen molar-refractivity contribution in [2.45, 2.75) is 18.9 Å². The van der Waals surface area contributed by atoms with Crippen molar-refractivity contribution in [2.24, 2.45) is 16.6 Å². The van der Waals surface area contributed by atoms with Crippen molar-refractivity contribution in [1.82, 2.24) is 14.5 Å². The van der Waals surface area contributed by atoms with Gasteiger partial charge in [-0.25, -0.2) is 13.8 Å². The fourth-order valence-electron chi connectivity index (χ4n) is 3.82. The smallest absolute Gasteiger partial charge is 0.282 e. The van der Waals surface area contributed by atoms with Crippen LogP contribution >= 0.6 is 11.6 Å². The normalized spacial score (nSPS) is 17.2. The first-order chi connectivity index (χ1) is 16.1. The summed E-state index contributed by atoms with van der Waals surface area (Å²) in [5.74, 6) is -4.97. The van der Waals surface area contributed by atoms with Gasteiger partial charge in [-0.1, -0.05) is 35.9 Å². The van der Waals surface area contributed by atoms with Crippen LogP contribution in [0.15, 0.2) is 58.3 Å². The second-order valence-electron chi connectivity index (χ2n) is 8.00. The van der Waals surface area contributed by atoms with Crippen LogP contribution in [-0.2, 0) is 4.79 Å². The first-order valence-corrected chi connectivity index (χ1v) is 10.8. The number of para-hydroxylation sites is 1. The van der Waals surface area contributed by atoms with E-state index in [9.17, 15) is 18.4 Å². The number of carbonyl (C=O) groups excluding carboxylic acids is 1. The van der Waals surface area contributed by atoms with Gasteiger partial charge in [-0.3, -0.25) is 19.1 Å². The molecule has 8 nitrogen and oxygen atoms in total. The number of aliphatic imine (C=N–C) groups is 1. The lowest BCUT2D eigenvalue weighted by Crippen LogP contribution is -2.61. The molecule has 0 bridgehead atoms. The van der Waals surface area contributed by atoms with Crippen LogP contribution in [0.1, 0.15) is 18.8 Å². The standard InChI is InChI=1S/C23H21ClF2N6O2/c1-13(29-19(28)15(10-27)21(33)31-11-23(25,26)12-31)20-30-17-9-5-8-16(24)18(17)22(34)32(20)14-6-3-2-4-7-14/h2-10,13,15,27H,11-12H2,1H3,(H2,28,29). The Morgan fingerprint density at radius 3 is 2.53 bits per heavy atom. The lowest BCUT2D eigenvalue weighted by atomic mass is 10.0. The van der Waals surface area contributed by atoms with Gasteiger partial charge in [0.05, 0.1) is 34.7 Å².